The van der Waals surface area contributed by atoms with Gasteiger partial charge in [0.25, 0.3) is 0 Å². The van der Waals surface area contributed by atoms with Gasteiger partial charge in [-0.1, -0.05) is 18.2 Å². The maximum absolute atomic E-state index is 13.6. The average Bonchev–Trinajstić information content (AvgIpc) is 2.85. The van der Waals surface area contributed by atoms with E-state index < -0.39 is 23.1 Å². The molecular weight excluding hydrogens is 348 g/mol. The van der Waals surface area contributed by atoms with Gasteiger partial charge in [-0.15, -0.1) is 0 Å². The van der Waals surface area contributed by atoms with Crippen molar-refractivity contribution in [3.63, 3.8) is 0 Å². The quantitative estimate of drug-likeness (QED) is 0.803. The van der Waals surface area contributed by atoms with Crippen LogP contribution in [-0.2, 0) is 24.5 Å². The Balaban J connectivity index is 2.07. The number of ketones is 1. The predicted molar refractivity (Wildman–Crippen MR) is 93.5 cm³/mol. The number of carbonyl (C=O) groups excluding carboxylic acids is 3. The Hall–Kier alpha value is -3.47. The molecule has 1 aromatic rings. The molecule has 136 valence electrons. The molecule has 3 aliphatic rings. The summed E-state index contributed by atoms with van der Waals surface area (Å²) < 4.78 is 5.49. The van der Waals surface area contributed by atoms with E-state index in [4.69, 9.17) is 15.9 Å². The van der Waals surface area contributed by atoms with Crippen molar-refractivity contribution in [3.8, 4) is 6.07 Å². The number of primary amides is 1. The van der Waals surface area contributed by atoms with Crippen molar-refractivity contribution in [2.24, 2.45) is 11.7 Å². The number of Topliss-reactive ketones (excluding diaryl/α,β-unsaturated/α-hetero) is 1. The van der Waals surface area contributed by atoms with E-state index in [1.807, 2.05) is 6.07 Å². The Labute approximate surface area is 154 Å². The Morgan fingerprint density at radius 1 is 1.37 bits per heavy atom. The van der Waals surface area contributed by atoms with Crippen LogP contribution in [0.2, 0.25) is 0 Å². The molecule has 2 aliphatic heterocycles. The Morgan fingerprint density at radius 3 is 2.81 bits per heavy atom. The summed E-state index contributed by atoms with van der Waals surface area (Å²) in [6, 6.07) is 8.68. The van der Waals surface area contributed by atoms with Gasteiger partial charge in [-0.2, -0.15) is 5.26 Å². The summed E-state index contributed by atoms with van der Waals surface area (Å²) in [7, 11) is 0. The molecule has 0 aromatic heterocycles. The predicted octanol–water partition coefficient (Wildman–Crippen LogP) is 0.911. The third-order valence-electron chi connectivity index (χ3n) is 5.33. The first kappa shape index (κ1) is 17.0. The third kappa shape index (κ3) is 2.08. The maximum Gasteiger partial charge on any atom is 0.244 e. The maximum atomic E-state index is 13.6. The highest BCUT2D eigenvalue weighted by Crippen LogP contribution is 2.55. The minimum Gasteiger partial charge on any atom is -0.446 e. The van der Waals surface area contributed by atoms with Crippen molar-refractivity contribution in [2.45, 2.75) is 24.7 Å². The molecule has 8 heteroatoms. The molecule has 2 amide bonds. The van der Waals surface area contributed by atoms with Gasteiger partial charge in [-0.3, -0.25) is 19.8 Å². The summed E-state index contributed by atoms with van der Waals surface area (Å²) in [5.74, 6) is -2.97. The number of allylic oxidation sites excluding steroid dienone is 1. The van der Waals surface area contributed by atoms with Gasteiger partial charge in [0.05, 0.1) is 11.6 Å². The van der Waals surface area contributed by atoms with E-state index >= 15 is 0 Å². The fraction of sp³-hybridized carbons (Fsp3) is 0.316. The van der Waals surface area contributed by atoms with Crippen molar-refractivity contribution >= 4 is 29.2 Å². The summed E-state index contributed by atoms with van der Waals surface area (Å²) in [5, 5.41) is 18.0. The molecule has 0 radical (unpaired) electrons. The lowest BCUT2D eigenvalue weighted by Gasteiger charge is -2.40. The summed E-state index contributed by atoms with van der Waals surface area (Å²) in [5.41, 5.74) is 4.63. The second-order valence-corrected chi connectivity index (χ2v) is 6.79. The van der Waals surface area contributed by atoms with Crippen molar-refractivity contribution in [2.75, 3.05) is 11.4 Å². The zero-order valence-corrected chi connectivity index (χ0v) is 14.3. The fourth-order valence-corrected chi connectivity index (χ4v) is 4.36. The lowest BCUT2D eigenvalue weighted by atomic mass is 9.62. The van der Waals surface area contributed by atoms with Crippen molar-refractivity contribution in [1.82, 2.24) is 0 Å². The van der Waals surface area contributed by atoms with Crippen LogP contribution in [0.5, 0.6) is 0 Å². The Bertz CT molecular complexity index is 990. The van der Waals surface area contributed by atoms with Crippen LogP contribution in [-0.4, -0.2) is 30.0 Å². The summed E-state index contributed by atoms with van der Waals surface area (Å²) in [4.78, 5) is 39.2. The highest BCUT2D eigenvalue weighted by atomic mass is 16.5. The van der Waals surface area contributed by atoms with Gasteiger partial charge in [0.1, 0.15) is 23.6 Å². The third-order valence-corrected chi connectivity index (χ3v) is 5.33. The van der Waals surface area contributed by atoms with Crippen LogP contribution < -0.4 is 10.6 Å². The molecule has 0 saturated carbocycles. The van der Waals surface area contributed by atoms with Gasteiger partial charge >= 0.3 is 0 Å². The average molecular weight is 364 g/mol. The normalized spacial score (nSPS) is 26.6. The molecule has 1 unspecified atom stereocenters. The van der Waals surface area contributed by atoms with E-state index in [1.165, 1.54) is 4.90 Å². The van der Waals surface area contributed by atoms with E-state index in [-0.39, 0.29) is 36.0 Å². The number of fused-ring (bicyclic) bond motifs is 3. The topological polar surface area (TPSA) is 137 Å². The molecule has 4 rings (SSSR count). The Kier molecular flexibility index (Phi) is 3.63. The van der Waals surface area contributed by atoms with Crippen LogP contribution >= 0.6 is 0 Å². The smallest absolute Gasteiger partial charge is 0.244 e. The minimum absolute atomic E-state index is 0.140. The molecule has 0 saturated heterocycles. The number of ether oxygens (including phenoxy) is 1. The van der Waals surface area contributed by atoms with Crippen LogP contribution in [0.25, 0.3) is 0 Å². The fourth-order valence-electron chi connectivity index (χ4n) is 4.36. The SMILES string of the molecule is N#CC1C(=N)OC2=C(C(=O)CCC2)[C@]12C(=O)N(CC(N)=O)c1ccccc12. The standard InChI is InChI=1S/C19H16N4O4/c20-8-11-17(22)27-14-7-3-6-13(24)16(14)19(11)10-4-1-2-5-12(10)23(18(19)26)9-15(21)25/h1-2,4-5,11,22H,3,6-7,9H2,(H2,21,25)/t11?,19-/m1/s1. The molecule has 2 heterocycles. The first-order chi connectivity index (χ1) is 12.9. The Morgan fingerprint density at radius 2 is 2.11 bits per heavy atom. The number of nitrogens with zero attached hydrogens (tertiary/aromatic N) is 2. The zero-order chi connectivity index (χ0) is 19.3. The molecular formula is C19H16N4O4. The van der Waals surface area contributed by atoms with Crippen LogP contribution in [0.3, 0.4) is 0 Å². The zero-order valence-electron chi connectivity index (χ0n) is 14.3. The number of anilines is 1. The molecule has 0 fully saturated rings. The minimum atomic E-state index is -1.68. The van der Waals surface area contributed by atoms with E-state index in [0.717, 1.165) is 0 Å². The molecule has 8 nitrogen and oxygen atoms in total. The van der Waals surface area contributed by atoms with Crippen molar-refractivity contribution in [1.29, 1.82) is 10.7 Å². The molecule has 1 aromatic carbocycles. The number of hydrogen-bond donors (Lipinski definition) is 2. The highest BCUT2D eigenvalue weighted by molar-refractivity contribution is 6.21. The van der Waals surface area contributed by atoms with Crippen LogP contribution in [0.1, 0.15) is 24.8 Å². The van der Waals surface area contributed by atoms with E-state index in [1.54, 1.807) is 24.3 Å². The number of carbonyl (C=O) groups is 3. The van der Waals surface area contributed by atoms with Crippen LogP contribution in [0.4, 0.5) is 5.69 Å². The highest BCUT2D eigenvalue weighted by Gasteiger charge is 2.64. The van der Waals surface area contributed by atoms with Crippen LogP contribution in [0.15, 0.2) is 35.6 Å². The van der Waals surface area contributed by atoms with Gasteiger partial charge in [0.15, 0.2) is 5.78 Å². The summed E-state index contributed by atoms with van der Waals surface area (Å²) in [6.07, 6.45) is 1.20. The summed E-state index contributed by atoms with van der Waals surface area (Å²) >= 11 is 0. The van der Waals surface area contributed by atoms with Gasteiger partial charge in [0, 0.05) is 18.5 Å². The molecule has 1 spiro atoms. The molecule has 3 N–H and O–H groups in total. The van der Waals surface area contributed by atoms with E-state index in [9.17, 15) is 19.6 Å². The number of amides is 2. The van der Waals surface area contributed by atoms with E-state index in [2.05, 4.69) is 0 Å². The number of nitriles is 1. The lowest BCUT2D eigenvalue weighted by Crippen LogP contribution is -2.55. The monoisotopic (exact) mass is 364 g/mol. The largest absolute Gasteiger partial charge is 0.446 e. The first-order valence-electron chi connectivity index (χ1n) is 8.55. The van der Waals surface area contributed by atoms with E-state index in [0.29, 0.717) is 24.1 Å². The van der Waals surface area contributed by atoms with Gasteiger partial charge in [-0.25, -0.2) is 0 Å². The second kappa shape index (κ2) is 5.77. The lowest BCUT2D eigenvalue weighted by molar-refractivity contribution is -0.127. The number of rotatable bonds is 2. The van der Waals surface area contributed by atoms with Crippen molar-refractivity contribution < 1.29 is 19.1 Å². The van der Waals surface area contributed by atoms with Crippen molar-refractivity contribution in [3.05, 3.63) is 41.2 Å². The number of nitrogens with one attached hydrogen (secondary N) is 1. The number of benzene rings is 1. The number of nitrogens with two attached hydrogens (primary N) is 1. The number of hydrogen-bond acceptors (Lipinski definition) is 6. The molecule has 0 bridgehead atoms. The first-order valence-corrected chi connectivity index (χ1v) is 8.55. The van der Waals surface area contributed by atoms with Gasteiger partial charge < -0.3 is 15.4 Å². The molecule has 1 aliphatic carbocycles. The second-order valence-electron chi connectivity index (χ2n) is 6.79. The number of para-hydroxylation sites is 1. The molecule has 2 atom stereocenters. The van der Waals surface area contributed by atoms with Gasteiger partial charge in [-0.05, 0) is 18.1 Å². The van der Waals surface area contributed by atoms with Gasteiger partial charge in [0.2, 0.25) is 17.7 Å². The summed E-state index contributed by atoms with van der Waals surface area (Å²) in [6.45, 7) is -0.374. The molecule has 27 heavy (non-hydrogen) atoms. The van der Waals surface area contributed by atoms with Crippen LogP contribution in [0, 0.1) is 22.7 Å².